The Bertz CT molecular complexity index is 377. The number of ether oxygens (including phenoxy) is 1. The van der Waals surface area contributed by atoms with Crippen LogP contribution in [0.4, 0.5) is 0 Å². The number of nitrogens with one attached hydrogen (secondary N) is 1. The molecule has 1 aliphatic heterocycles. The van der Waals surface area contributed by atoms with E-state index in [2.05, 4.69) is 17.0 Å². The highest BCUT2D eigenvalue weighted by atomic mass is 32.2. The van der Waals surface area contributed by atoms with Gasteiger partial charge in [-0.15, -0.1) is 0 Å². The van der Waals surface area contributed by atoms with Gasteiger partial charge in [0.25, 0.3) is 0 Å². The normalized spacial score (nSPS) is 19.8. The summed E-state index contributed by atoms with van der Waals surface area (Å²) < 4.78 is 5.66. The van der Waals surface area contributed by atoms with E-state index in [-0.39, 0.29) is 5.97 Å². The highest BCUT2D eigenvalue weighted by Crippen LogP contribution is 2.31. The molecule has 1 rings (SSSR count). The highest BCUT2D eigenvalue weighted by molar-refractivity contribution is 8.23. The number of unbranched alkanes of at least 4 members (excludes halogenated alkanes) is 9. The summed E-state index contributed by atoms with van der Waals surface area (Å²) in [5.74, 6) is -0.0850. The molecule has 146 valence electrons. The van der Waals surface area contributed by atoms with Crippen LogP contribution in [0, 0.1) is 0 Å². The van der Waals surface area contributed by atoms with Crippen molar-refractivity contribution in [2.24, 2.45) is 0 Å². The molecular formula is C20H37NO2S2. The van der Waals surface area contributed by atoms with Gasteiger partial charge in [0, 0.05) is 17.7 Å². The molecule has 1 saturated heterocycles. The SMILES string of the molecule is CCCCCCCCC1SC(=S)NC1CCCCCCCC(=O)OC. The summed E-state index contributed by atoms with van der Waals surface area (Å²) in [4.78, 5) is 11.1. The maximum absolute atomic E-state index is 11.1. The summed E-state index contributed by atoms with van der Waals surface area (Å²) in [6.45, 7) is 2.27. The minimum Gasteiger partial charge on any atom is -0.469 e. The number of hydrogen-bond acceptors (Lipinski definition) is 4. The third kappa shape index (κ3) is 11.1. The molecule has 0 radical (unpaired) electrons. The summed E-state index contributed by atoms with van der Waals surface area (Å²) in [6, 6.07) is 0.572. The van der Waals surface area contributed by atoms with Crippen molar-refractivity contribution in [2.45, 2.75) is 108 Å². The Morgan fingerprint density at radius 2 is 1.60 bits per heavy atom. The van der Waals surface area contributed by atoms with Gasteiger partial charge in [-0.1, -0.05) is 95.1 Å². The second kappa shape index (κ2) is 14.8. The van der Waals surface area contributed by atoms with E-state index in [0.29, 0.717) is 17.7 Å². The monoisotopic (exact) mass is 387 g/mol. The molecule has 1 N–H and O–H groups in total. The zero-order valence-corrected chi connectivity index (χ0v) is 17.8. The van der Waals surface area contributed by atoms with Gasteiger partial charge < -0.3 is 10.1 Å². The van der Waals surface area contributed by atoms with Crippen LogP contribution in [0.3, 0.4) is 0 Å². The topological polar surface area (TPSA) is 38.3 Å². The summed E-state index contributed by atoms with van der Waals surface area (Å²) >= 11 is 7.28. The molecule has 0 aromatic heterocycles. The van der Waals surface area contributed by atoms with E-state index in [0.717, 1.165) is 17.2 Å². The Morgan fingerprint density at radius 1 is 1.00 bits per heavy atom. The quantitative estimate of drug-likeness (QED) is 0.212. The summed E-state index contributed by atoms with van der Waals surface area (Å²) in [5, 5.41) is 4.20. The predicted octanol–water partition coefficient (Wildman–Crippen LogP) is 6.00. The molecule has 0 spiro atoms. The molecule has 0 saturated carbocycles. The van der Waals surface area contributed by atoms with Crippen LogP contribution < -0.4 is 5.32 Å². The number of carbonyl (C=O) groups is 1. The van der Waals surface area contributed by atoms with Crippen LogP contribution in [-0.2, 0) is 9.53 Å². The van der Waals surface area contributed by atoms with Crippen molar-refractivity contribution in [3.8, 4) is 0 Å². The number of rotatable bonds is 15. The molecule has 1 heterocycles. The van der Waals surface area contributed by atoms with Crippen LogP contribution in [0.15, 0.2) is 0 Å². The number of methoxy groups -OCH3 is 1. The lowest BCUT2D eigenvalue weighted by atomic mass is 9.99. The van der Waals surface area contributed by atoms with Crippen molar-refractivity contribution in [2.75, 3.05) is 7.11 Å². The Morgan fingerprint density at radius 3 is 2.28 bits per heavy atom. The van der Waals surface area contributed by atoms with Gasteiger partial charge in [-0.3, -0.25) is 4.79 Å². The van der Waals surface area contributed by atoms with E-state index in [1.165, 1.54) is 77.7 Å². The molecule has 0 aliphatic carbocycles. The molecule has 1 aliphatic rings. The minimum absolute atomic E-state index is 0.0850. The van der Waals surface area contributed by atoms with Gasteiger partial charge in [0.15, 0.2) is 0 Å². The fourth-order valence-corrected chi connectivity index (χ4v) is 5.08. The van der Waals surface area contributed by atoms with Crippen molar-refractivity contribution in [1.29, 1.82) is 0 Å². The molecular weight excluding hydrogens is 350 g/mol. The third-order valence-corrected chi connectivity index (χ3v) is 6.58. The van der Waals surface area contributed by atoms with Gasteiger partial charge >= 0.3 is 5.97 Å². The van der Waals surface area contributed by atoms with Crippen LogP contribution in [0.5, 0.6) is 0 Å². The lowest BCUT2D eigenvalue weighted by Crippen LogP contribution is -2.31. The average molecular weight is 388 g/mol. The van der Waals surface area contributed by atoms with Gasteiger partial charge in [0.05, 0.1) is 7.11 Å². The lowest BCUT2D eigenvalue weighted by molar-refractivity contribution is -0.140. The largest absolute Gasteiger partial charge is 0.469 e. The second-order valence-corrected chi connectivity index (χ2v) is 9.05. The van der Waals surface area contributed by atoms with E-state index < -0.39 is 0 Å². The fourth-order valence-electron chi connectivity index (χ4n) is 3.41. The maximum Gasteiger partial charge on any atom is 0.305 e. The fraction of sp³-hybridized carbons (Fsp3) is 0.900. The van der Waals surface area contributed by atoms with Crippen molar-refractivity contribution >= 4 is 34.3 Å². The number of esters is 1. The van der Waals surface area contributed by atoms with Crippen molar-refractivity contribution in [3.05, 3.63) is 0 Å². The molecule has 0 aromatic rings. The minimum atomic E-state index is -0.0850. The molecule has 0 amide bonds. The summed E-state index contributed by atoms with van der Waals surface area (Å²) in [6.07, 6.45) is 17.1. The number of thiocarbonyl (C=S) groups is 1. The first-order valence-electron chi connectivity index (χ1n) is 10.2. The molecule has 5 heteroatoms. The Labute approximate surface area is 164 Å². The first kappa shape index (κ1) is 22.8. The van der Waals surface area contributed by atoms with Crippen LogP contribution in [-0.4, -0.2) is 28.7 Å². The van der Waals surface area contributed by atoms with Gasteiger partial charge in [-0.05, 0) is 19.3 Å². The van der Waals surface area contributed by atoms with Crippen molar-refractivity contribution < 1.29 is 9.53 Å². The standard InChI is InChI=1S/C20H37NO2S2/c1-3-4-5-6-9-12-15-18-17(21-20(24)25-18)14-11-8-7-10-13-16-19(22)23-2/h17-18H,3-16H2,1-2H3,(H,21,24). The first-order valence-corrected chi connectivity index (χ1v) is 11.5. The van der Waals surface area contributed by atoms with Crippen LogP contribution >= 0.6 is 24.0 Å². The van der Waals surface area contributed by atoms with E-state index >= 15 is 0 Å². The molecule has 2 unspecified atom stereocenters. The molecule has 0 bridgehead atoms. The lowest BCUT2D eigenvalue weighted by Gasteiger charge is -2.18. The number of carbonyl (C=O) groups excluding carboxylic acids is 1. The number of thioether (sulfide) groups is 1. The Hall–Kier alpha value is -0.290. The van der Waals surface area contributed by atoms with E-state index in [4.69, 9.17) is 12.2 Å². The Kier molecular flexibility index (Phi) is 13.5. The van der Waals surface area contributed by atoms with E-state index in [1.807, 2.05) is 11.8 Å². The maximum atomic E-state index is 11.1. The van der Waals surface area contributed by atoms with Gasteiger partial charge in [-0.2, -0.15) is 0 Å². The molecule has 3 nitrogen and oxygen atoms in total. The summed E-state index contributed by atoms with van der Waals surface area (Å²) in [5.41, 5.74) is 0. The van der Waals surface area contributed by atoms with Crippen molar-refractivity contribution in [1.82, 2.24) is 5.32 Å². The third-order valence-electron chi connectivity index (χ3n) is 4.98. The van der Waals surface area contributed by atoms with Crippen molar-refractivity contribution in [3.63, 3.8) is 0 Å². The molecule has 25 heavy (non-hydrogen) atoms. The zero-order chi connectivity index (χ0) is 18.3. The highest BCUT2D eigenvalue weighted by Gasteiger charge is 2.29. The predicted molar refractivity (Wildman–Crippen MR) is 113 cm³/mol. The first-order chi connectivity index (χ1) is 12.2. The molecule has 1 fully saturated rings. The molecule has 0 aromatic carbocycles. The van der Waals surface area contributed by atoms with Gasteiger partial charge in [0.1, 0.15) is 4.32 Å². The molecule has 2 atom stereocenters. The van der Waals surface area contributed by atoms with Crippen LogP contribution in [0.25, 0.3) is 0 Å². The zero-order valence-electron chi connectivity index (χ0n) is 16.2. The summed E-state index contributed by atoms with van der Waals surface area (Å²) in [7, 11) is 1.46. The van der Waals surface area contributed by atoms with E-state index in [9.17, 15) is 4.79 Å². The smallest absolute Gasteiger partial charge is 0.305 e. The number of hydrogen-bond donors (Lipinski definition) is 1. The van der Waals surface area contributed by atoms with Crippen LogP contribution in [0.1, 0.15) is 96.8 Å². The van der Waals surface area contributed by atoms with Gasteiger partial charge in [-0.25, -0.2) is 0 Å². The second-order valence-electron chi connectivity index (χ2n) is 7.13. The Balaban J connectivity index is 2.06. The average Bonchev–Trinajstić information content (AvgIpc) is 2.96. The van der Waals surface area contributed by atoms with Gasteiger partial charge in [0.2, 0.25) is 0 Å². The van der Waals surface area contributed by atoms with E-state index in [1.54, 1.807) is 0 Å². The van der Waals surface area contributed by atoms with Crippen LogP contribution in [0.2, 0.25) is 0 Å².